The van der Waals surface area contributed by atoms with Crippen molar-refractivity contribution in [3.05, 3.63) is 35.4 Å². The third-order valence-corrected chi connectivity index (χ3v) is 5.27. The Morgan fingerprint density at radius 2 is 2.33 bits per heavy atom. The van der Waals surface area contributed by atoms with Crippen molar-refractivity contribution in [3.63, 3.8) is 0 Å². The Bertz CT molecular complexity index is 489. The Kier molecular flexibility index (Phi) is 5.17. The van der Waals surface area contributed by atoms with Gasteiger partial charge in [-0.1, -0.05) is 24.3 Å². The Balaban J connectivity index is 1.50. The maximum atomic E-state index is 12.0. The van der Waals surface area contributed by atoms with Gasteiger partial charge in [0, 0.05) is 30.8 Å². The van der Waals surface area contributed by atoms with Crippen molar-refractivity contribution in [2.45, 2.75) is 24.1 Å². The Labute approximate surface area is 130 Å². The van der Waals surface area contributed by atoms with E-state index in [0.717, 1.165) is 25.3 Å². The summed E-state index contributed by atoms with van der Waals surface area (Å²) in [5, 5.41) is 6.78. The predicted molar refractivity (Wildman–Crippen MR) is 85.6 cm³/mol. The minimum Gasteiger partial charge on any atom is -0.378 e. The van der Waals surface area contributed by atoms with Crippen LogP contribution in [0.15, 0.2) is 24.3 Å². The first-order valence-corrected chi connectivity index (χ1v) is 8.65. The van der Waals surface area contributed by atoms with Crippen LogP contribution in [0.2, 0.25) is 0 Å². The molecule has 0 aliphatic carbocycles. The molecule has 0 spiro atoms. The van der Waals surface area contributed by atoms with E-state index >= 15 is 0 Å². The number of carbonyl (C=O) groups is 1. The summed E-state index contributed by atoms with van der Waals surface area (Å²) >= 11 is 1.94. The SMILES string of the molecule is O=C(CC1COCCN1)NCC1SCCc2ccccc21. The predicted octanol–water partition coefficient (Wildman–Crippen LogP) is 1.51. The zero-order valence-corrected chi connectivity index (χ0v) is 13.0. The molecule has 3 rings (SSSR count). The number of carbonyl (C=O) groups excluding carboxylic acids is 1. The summed E-state index contributed by atoms with van der Waals surface area (Å²) in [6, 6.07) is 8.73. The Morgan fingerprint density at radius 3 is 3.19 bits per heavy atom. The zero-order chi connectivity index (χ0) is 14.5. The van der Waals surface area contributed by atoms with E-state index in [1.807, 2.05) is 11.8 Å². The number of morpholine rings is 1. The van der Waals surface area contributed by atoms with Crippen LogP contribution < -0.4 is 10.6 Å². The molecule has 1 saturated heterocycles. The first-order valence-electron chi connectivity index (χ1n) is 7.60. The lowest BCUT2D eigenvalue weighted by Crippen LogP contribution is -2.44. The number of thioether (sulfide) groups is 1. The van der Waals surface area contributed by atoms with Crippen molar-refractivity contribution >= 4 is 17.7 Å². The van der Waals surface area contributed by atoms with Crippen LogP contribution in [-0.4, -0.2) is 44.0 Å². The first-order chi connectivity index (χ1) is 10.3. The first kappa shape index (κ1) is 14.9. The minimum absolute atomic E-state index is 0.113. The van der Waals surface area contributed by atoms with Gasteiger partial charge in [-0.3, -0.25) is 4.79 Å². The van der Waals surface area contributed by atoms with Gasteiger partial charge in [0.25, 0.3) is 0 Å². The fraction of sp³-hybridized carbons (Fsp3) is 0.562. The van der Waals surface area contributed by atoms with Crippen molar-refractivity contribution in [2.75, 3.05) is 32.1 Å². The molecule has 1 aromatic rings. The van der Waals surface area contributed by atoms with Crippen LogP contribution >= 0.6 is 11.8 Å². The number of benzene rings is 1. The number of aryl methyl sites for hydroxylation is 1. The van der Waals surface area contributed by atoms with E-state index in [-0.39, 0.29) is 11.9 Å². The second-order valence-corrected chi connectivity index (χ2v) is 6.85. The van der Waals surface area contributed by atoms with Gasteiger partial charge in [-0.2, -0.15) is 11.8 Å². The summed E-state index contributed by atoms with van der Waals surface area (Å²) in [7, 11) is 0. The van der Waals surface area contributed by atoms with Crippen molar-refractivity contribution in [2.24, 2.45) is 0 Å². The lowest BCUT2D eigenvalue weighted by molar-refractivity contribution is -0.122. The summed E-state index contributed by atoms with van der Waals surface area (Å²) in [5.41, 5.74) is 2.81. The number of fused-ring (bicyclic) bond motifs is 1. The van der Waals surface area contributed by atoms with Crippen molar-refractivity contribution in [3.8, 4) is 0 Å². The quantitative estimate of drug-likeness (QED) is 0.885. The number of nitrogens with one attached hydrogen (secondary N) is 2. The summed E-state index contributed by atoms with van der Waals surface area (Å²) in [6.45, 7) is 2.93. The van der Waals surface area contributed by atoms with Crippen LogP contribution in [0.1, 0.15) is 22.8 Å². The van der Waals surface area contributed by atoms with E-state index < -0.39 is 0 Å². The number of amides is 1. The summed E-state index contributed by atoms with van der Waals surface area (Å²) in [5.74, 6) is 1.25. The van der Waals surface area contributed by atoms with E-state index in [1.54, 1.807) is 0 Å². The van der Waals surface area contributed by atoms with Gasteiger partial charge in [0.05, 0.1) is 13.2 Å². The van der Waals surface area contributed by atoms with E-state index in [9.17, 15) is 4.79 Å². The molecule has 2 aliphatic rings. The Morgan fingerprint density at radius 1 is 1.43 bits per heavy atom. The monoisotopic (exact) mass is 306 g/mol. The molecule has 4 nitrogen and oxygen atoms in total. The van der Waals surface area contributed by atoms with E-state index in [0.29, 0.717) is 24.8 Å². The highest BCUT2D eigenvalue weighted by Gasteiger charge is 2.22. The zero-order valence-electron chi connectivity index (χ0n) is 12.1. The van der Waals surface area contributed by atoms with Crippen molar-refractivity contribution in [1.29, 1.82) is 0 Å². The molecule has 21 heavy (non-hydrogen) atoms. The lowest BCUT2D eigenvalue weighted by Gasteiger charge is -2.26. The van der Waals surface area contributed by atoms with Crippen LogP contribution in [0.25, 0.3) is 0 Å². The molecule has 2 aliphatic heterocycles. The van der Waals surface area contributed by atoms with Crippen LogP contribution in [0.4, 0.5) is 0 Å². The second-order valence-electron chi connectivity index (χ2n) is 5.54. The molecule has 0 aromatic heterocycles. The lowest BCUT2D eigenvalue weighted by atomic mass is 10.0. The number of hydrogen-bond acceptors (Lipinski definition) is 4. The number of rotatable bonds is 4. The van der Waals surface area contributed by atoms with Gasteiger partial charge in [-0.05, 0) is 23.3 Å². The fourth-order valence-electron chi connectivity index (χ4n) is 2.90. The average Bonchev–Trinajstić information content (AvgIpc) is 2.54. The maximum Gasteiger partial charge on any atom is 0.221 e. The number of hydrogen-bond donors (Lipinski definition) is 2. The van der Waals surface area contributed by atoms with Gasteiger partial charge in [0.2, 0.25) is 5.91 Å². The van der Waals surface area contributed by atoms with E-state index in [4.69, 9.17) is 4.74 Å². The summed E-state index contributed by atoms with van der Waals surface area (Å²) in [6.07, 6.45) is 1.63. The number of ether oxygens (including phenoxy) is 1. The molecular formula is C16H22N2O2S. The molecule has 2 N–H and O–H groups in total. The molecule has 0 bridgehead atoms. The molecule has 0 radical (unpaired) electrons. The normalized spacial score (nSPS) is 25.1. The standard InChI is InChI=1S/C16H22N2O2S/c19-16(9-13-11-20-7-6-17-13)18-10-15-14-4-2-1-3-12(14)5-8-21-15/h1-4,13,15,17H,5-11H2,(H,18,19). The molecule has 0 saturated carbocycles. The van der Waals surface area contributed by atoms with Gasteiger partial charge in [-0.15, -0.1) is 0 Å². The highest BCUT2D eigenvalue weighted by Crippen LogP contribution is 2.35. The van der Waals surface area contributed by atoms with Crippen molar-refractivity contribution < 1.29 is 9.53 Å². The molecule has 5 heteroatoms. The van der Waals surface area contributed by atoms with Crippen LogP contribution in [-0.2, 0) is 16.0 Å². The van der Waals surface area contributed by atoms with E-state index in [1.165, 1.54) is 11.1 Å². The molecule has 1 fully saturated rings. The summed E-state index contributed by atoms with van der Waals surface area (Å²) in [4.78, 5) is 12.0. The third-order valence-electron chi connectivity index (χ3n) is 4.01. The third kappa shape index (κ3) is 3.99. The Hall–Kier alpha value is -1.04. The smallest absolute Gasteiger partial charge is 0.221 e. The van der Waals surface area contributed by atoms with Crippen LogP contribution in [0, 0.1) is 0 Å². The van der Waals surface area contributed by atoms with Gasteiger partial charge in [0.15, 0.2) is 0 Å². The highest BCUT2D eigenvalue weighted by molar-refractivity contribution is 7.99. The van der Waals surface area contributed by atoms with Crippen molar-refractivity contribution in [1.82, 2.24) is 10.6 Å². The maximum absolute atomic E-state index is 12.0. The molecule has 2 unspecified atom stereocenters. The molecular weight excluding hydrogens is 284 g/mol. The summed E-state index contributed by atoms with van der Waals surface area (Å²) < 4.78 is 5.38. The van der Waals surface area contributed by atoms with Gasteiger partial charge >= 0.3 is 0 Å². The van der Waals surface area contributed by atoms with Crippen LogP contribution in [0.5, 0.6) is 0 Å². The second kappa shape index (κ2) is 7.29. The van der Waals surface area contributed by atoms with Gasteiger partial charge in [0.1, 0.15) is 0 Å². The molecule has 1 amide bonds. The van der Waals surface area contributed by atoms with Gasteiger partial charge < -0.3 is 15.4 Å². The van der Waals surface area contributed by atoms with Gasteiger partial charge in [-0.25, -0.2) is 0 Å². The topological polar surface area (TPSA) is 50.4 Å². The minimum atomic E-state index is 0.113. The molecule has 2 heterocycles. The molecule has 114 valence electrons. The molecule has 2 atom stereocenters. The fourth-order valence-corrected chi connectivity index (χ4v) is 4.13. The largest absolute Gasteiger partial charge is 0.378 e. The highest BCUT2D eigenvalue weighted by atomic mass is 32.2. The molecule has 1 aromatic carbocycles. The van der Waals surface area contributed by atoms with E-state index in [2.05, 4.69) is 34.9 Å². The average molecular weight is 306 g/mol. The van der Waals surface area contributed by atoms with Crippen LogP contribution in [0.3, 0.4) is 0 Å².